The summed E-state index contributed by atoms with van der Waals surface area (Å²) in [5.74, 6) is 0.186. The van der Waals surface area contributed by atoms with Gasteiger partial charge in [0, 0.05) is 16.5 Å². The second-order valence-corrected chi connectivity index (χ2v) is 5.12. The van der Waals surface area contributed by atoms with Crippen LogP contribution in [0.25, 0.3) is 0 Å². The monoisotopic (exact) mass is 302 g/mol. The summed E-state index contributed by atoms with van der Waals surface area (Å²) in [7, 11) is 0. The molecule has 0 amide bonds. The molecule has 0 aromatic heterocycles. The van der Waals surface area contributed by atoms with E-state index < -0.39 is 0 Å². The highest BCUT2D eigenvalue weighted by Gasteiger charge is 2.07. The van der Waals surface area contributed by atoms with E-state index in [1.165, 1.54) is 12.8 Å². The van der Waals surface area contributed by atoms with Gasteiger partial charge in [0.15, 0.2) is 5.78 Å². The van der Waals surface area contributed by atoms with Crippen LogP contribution in [0.15, 0.2) is 22.7 Å². The molecule has 0 fully saturated rings. The lowest BCUT2D eigenvalue weighted by Gasteiger charge is -2.02. The molecule has 0 bridgehead atoms. The van der Waals surface area contributed by atoms with Crippen LogP contribution in [0.5, 0.6) is 0 Å². The summed E-state index contributed by atoms with van der Waals surface area (Å²) in [5, 5.41) is 0.597. The van der Waals surface area contributed by atoms with Crippen molar-refractivity contribution in [3.8, 4) is 0 Å². The summed E-state index contributed by atoms with van der Waals surface area (Å²) in [6.45, 7) is 2.16. The average molecular weight is 304 g/mol. The molecule has 1 rings (SSSR count). The number of ketones is 1. The average Bonchev–Trinajstić information content (AvgIpc) is 2.28. The number of hydrogen-bond donors (Lipinski definition) is 0. The van der Waals surface area contributed by atoms with Gasteiger partial charge in [-0.05, 0) is 34.5 Å². The van der Waals surface area contributed by atoms with E-state index in [0.717, 1.165) is 17.3 Å². The number of unbranched alkanes of at least 4 members (excludes halogenated alkanes) is 3. The Labute approximate surface area is 110 Å². The van der Waals surface area contributed by atoms with E-state index in [0.29, 0.717) is 17.0 Å². The predicted molar refractivity (Wildman–Crippen MR) is 72.2 cm³/mol. The fraction of sp³-hybridized carbons (Fsp3) is 0.462. The molecule has 1 aromatic rings. The van der Waals surface area contributed by atoms with Crippen molar-refractivity contribution < 1.29 is 4.79 Å². The van der Waals surface area contributed by atoms with Crippen LogP contribution in [0, 0.1) is 0 Å². The van der Waals surface area contributed by atoms with E-state index in [-0.39, 0.29) is 5.78 Å². The lowest BCUT2D eigenvalue weighted by Crippen LogP contribution is -1.98. The van der Waals surface area contributed by atoms with Gasteiger partial charge in [-0.2, -0.15) is 0 Å². The molecule has 0 heterocycles. The highest BCUT2D eigenvalue weighted by atomic mass is 79.9. The molecule has 0 saturated heterocycles. The quantitative estimate of drug-likeness (QED) is 0.518. The minimum Gasteiger partial charge on any atom is -0.294 e. The number of carbonyl (C=O) groups is 1. The summed E-state index contributed by atoms with van der Waals surface area (Å²) in [4.78, 5) is 11.8. The van der Waals surface area contributed by atoms with Gasteiger partial charge < -0.3 is 0 Å². The van der Waals surface area contributed by atoms with E-state index in [1.54, 1.807) is 6.07 Å². The zero-order chi connectivity index (χ0) is 12.0. The molecule has 0 aliphatic rings. The highest BCUT2D eigenvalue weighted by molar-refractivity contribution is 9.10. The third-order valence-corrected chi connectivity index (χ3v) is 3.73. The van der Waals surface area contributed by atoms with E-state index in [9.17, 15) is 4.79 Å². The van der Waals surface area contributed by atoms with Crippen molar-refractivity contribution in [2.75, 3.05) is 0 Å². The summed E-state index contributed by atoms with van der Waals surface area (Å²) < 4.78 is 0.830. The summed E-state index contributed by atoms with van der Waals surface area (Å²) >= 11 is 9.25. The maximum absolute atomic E-state index is 11.8. The second kappa shape index (κ2) is 7.08. The molecule has 0 spiro atoms. The largest absolute Gasteiger partial charge is 0.294 e. The Balaban J connectivity index is 2.50. The number of Topliss-reactive ketones (excluding diaryl/α,β-unsaturated/α-hetero) is 1. The number of rotatable bonds is 6. The van der Waals surface area contributed by atoms with Gasteiger partial charge in [-0.15, -0.1) is 0 Å². The number of halogens is 2. The van der Waals surface area contributed by atoms with Crippen LogP contribution >= 0.6 is 27.5 Å². The fourth-order valence-electron chi connectivity index (χ4n) is 1.53. The standard InChI is InChI=1S/C13H16BrClO/c1-2-3-4-5-6-13(16)10-7-8-11(14)12(15)9-10/h7-9H,2-6H2,1H3. The fourth-order valence-corrected chi connectivity index (χ4v) is 1.95. The van der Waals surface area contributed by atoms with Crippen LogP contribution in [0.4, 0.5) is 0 Å². The van der Waals surface area contributed by atoms with Crippen molar-refractivity contribution in [1.82, 2.24) is 0 Å². The van der Waals surface area contributed by atoms with Crippen LogP contribution in [0.2, 0.25) is 5.02 Å². The summed E-state index contributed by atoms with van der Waals surface area (Å²) in [6, 6.07) is 5.37. The van der Waals surface area contributed by atoms with E-state index in [2.05, 4.69) is 22.9 Å². The molecule has 88 valence electrons. The maximum atomic E-state index is 11.8. The molecule has 0 aliphatic carbocycles. The molecule has 1 nitrogen and oxygen atoms in total. The van der Waals surface area contributed by atoms with Gasteiger partial charge in [0.1, 0.15) is 0 Å². The van der Waals surface area contributed by atoms with Crippen molar-refractivity contribution in [2.45, 2.75) is 39.0 Å². The van der Waals surface area contributed by atoms with Gasteiger partial charge in [0.2, 0.25) is 0 Å². The van der Waals surface area contributed by atoms with Gasteiger partial charge in [0.25, 0.3) is 0 Å². The van der Waals surface area contributed by atoms with Crippen LogP contribution < -0.4 is 0 Å². The lowest BCUT2D eigenvalue weighted by atomic mass is 10.0. The Morgan fingerprint density at radius 3 is 2.69 bits per heavy atom. The van der Waals surface area contributed by atoms with E-state index in [4.69, 9.17) is 11.6 Å². The van der Waals surface area contributed by atoms with E-state index in [1.807, 2.05) is 12.1 Å². The predicted octanol–water partition coefficient (Wildman–Crippen LogP) is 5.26. The normalized spacial score (nSPS) is 10.4. The van der Waals surface area contributed by atoms with Crippen molar-refractivity contribution in [1.29, 1.82) is 0 Å². The topological polar surface area (TPSA) is 17.1 Å². The van der Waals surface area contributed by atoms with Gasteiger partial charge in [-0.3, -0.25) is 4.79 Å². The van der Waals surface area contributed by atoms with Gasteiger partial charge in [-0.1, -0.05) is 43.9 Å². The van der Waals surface area contributed by atoms with Crippen molar-refractivity contribution in [3.63, 3.8) is 0 Å². The molecule has 0 unspecified atom stereocenters. The van der Waals surface area contributed by atoms with Crippen molar-refractivity contribution in [2.24, 2.45) is 0 Å². The molecular weight excluding hydrogens is 287 g/mol. The first-order valence-electron chi connectivity index (χ1n) is 5.63. The molecule has 0 N–H and O–H groups in total. The molecule has 0 saturated carbocycles. The third-order valence-electron chi connectivity index (χ3n) is 2.50. The Bertz CT molecular complexity index is 363. The van der Waals surface area contributed by atoms with Crippen LogP contribution in [-0.4, -0.2) is 5.78 Å². The van der Waals surface area contributed by atoms with Gasteiger partial charge in [0.05, 0.1) is 5.02 Å². The number of hydrogen-bond acceptors (Lipinski definition) is 1. The summed E-state index contributed by atoms with van der Waals surface area (Å²) in [5.41, 5.74) is 0.713. The van der Waals surface area contributed by atoms with Gasteiger partial charge in [-0.25, -0.2) is 0 Å². The smallest absolute Gasteiger partial charge is 0.162 e. The molecule has 0 radical (unpaired) electrons. The van der Waals surface area contributed by atoms with Crippen LogP contribution in [0.3, 0.4) is 0 Å². The number of benzene rings is 1. The summed E-state index contributed by atoms with van der Waals surface area (Å²) in [6.07, 6.45) is 5.12. The maximum Gasteiger partial charge on any atom is 0.162 e. The van der Waals surface area contributed by atoms with E-state index >= 15 is 0 Å². The Hall–Kier alpha value is -0.340. The lowest BCUT2D eigenvalue weighted by molar-refractivity contribution is 0.0979. The Morgan fingerprint density at radius 1 is 1.31 bits per heavy atom. The zero-order valence-corrected chi connectivity index (χ0v) is 11.8. The SMILES string of the molecule is CCCCCCC(=O)c1ccc(Br)c(Cl)c1. The van der Waals surface area contributed by atoms with Crippen molar-refractivity contribution in [3.05, 3.63) is 33.3 Å². The van der Waals surface area contributed by atoms with Gasteiger partial charge >= 0.3 is 0 Å². The first-order chi connectivity index (χ1) is 7.65. The second-order valence-electron chi connectivity index (χ2n) is 3.86. The Morgan fingerprint density at radius 2 is 2.06 bits per heavy atom. The first kappa shape index (κ1) is 13.7. The highest BCUT2D eigenvalue weighted by Crippen LogP contribution is 2.24. The van der Waals surface area contributed by atoms with Crippen LogP contribution in [-0.2, 0) is 0 Å². The molecule has 16 heavy (non-hydrogen) atoms. The molecule has 3 heteroatoms. The minimum atomic E-state index is 0.186. The molecule has 0 atom stereocenters. The van der Waals surface area contributed by atoms with Crippen molar-refractivity contribution >= 4 is 33.3 Å². The minimum absolute atomic E-state index is 0.186. The Kier molecular flexibility index (Phi) is 6.07. The molecule has 1 aromatic carbocycles. The molecule has 0 aliphatic heterocycles. The first-order valence-corrected chi connectivity index (χ1v) is 6.80. The van der Waals surface area contributed by atoms with Crippen LogP contribution in [0.1, 0.15) is 49.4 Å². The molecular formula is C13H16BrClO. The number of carbonyl (C=O) groups excluding carboxylic acids is 1. The third kappa shape index (κ3) is 4.26. The zero-order valence-electron chi connectivity index (χ0n) is 9.43.